The number of carbonyl (C=O) groups is 2. The van der Waals surface area contributed by atoms with E-state index in [2.05, 4.69) is 10.6 Å². The first-order valence-corrected chi connectivity index (χ1v) is 7.48. The third-order valence-electron chi connectivity index (χ3n) is 3.28. The number of rotatable bonds is 11. The summed E-state index contributed by atoms with van der Waals surface area (Å²) in [7, 11) is 4.57. The van der Waals surface area contributed by atoms with E-state index in [1.165, 1.54) is 14.2 Å². The molecule has 0 saturated carbocycles. The molecule has 0 spiro atoms. The van der Waals surface area contributed by atoms with Crippen molar-refractivity contribution in [3.05, 3.63) is 18.2 Å². The molecule has 8 heteroatoms. The van der Waals surface area contributed by atoms with Gasteiger partial charge in [0.1, 0.15) is 17.5 Å². The molecule has 1 atom stereocenters. The topological polar surface area (TPSA) is 106 Å². The first kappa shape index (κ1) is 19.7. The summed E-state index contributed by atoms with van der Waals surface area (Å²) in [6, 6.07) is 4.00. The van der Waals surface area contributed by atoms with Crippen molar-refractivity contribution in [1.82, 2.24) is 5.32 Å². The van der Waals surface area contributed by atoms with Crippen molar-refractivity contribution < 1.29 is 28.9 Å². The van der Waals surface area contributed by atoms with E-state index in [0.29, 0.717) is 36.8 Å². The van der Waals surface area contributed by atoms with Gasteiger partial charge < -0.3 is 30.0 Å². The minimum absolute atomic E-state index is 0.206. The number of aliphatic carboxylic acids is 1. The SMILES string of the molecule is COCCCNC(CC(=O)Nc1cc(OC)ccc1OC)C(=O)O. The van der Waals surface area contributed by atoms with Gasteiger partial charge in [-0.1, -0.05) is 0 Å². The summed E-state index contributed by atoms with van der Waals surface area (Å²) in [5, 5.41) is 14.7. The van der Waals surface area contributed by atoms with Gasteiger partial charge in [0.2, 0.25) is 5.91 Å². The lowest BCUT2D eigenvalue weighted by Gasteiger charge is -2.15. The lowest BCUT2D eigenvalue weighted by Crippen LogP contribution is -2.40. The zero-order valence-corrected chi connectivity index (χ0v) is 14.1. The lowest BCUT2D eigenvalue weighted by atomic mass is 10.2. The van der Waals surface area contributed by atoms with Crippen LogP contribution in [0.2, 0.25) is 0 Å². The monoisotopic (exact) mass is 340 g/mol. The van der Waals surface area contributed by atoms with E-state index in [0.717, 1.165) is 0 Å². The van der Waals surface area contributed by atoms with Crippen molar-refractivity contribution in [2.24, 2.45) is 0 Å². The molecule has 0 heterocycles. The molecule has 134 valence electrons. The number of ether oxygens (including phenoxy) is 3. The van der Waals surface area contributed by atoms with E-state index in [1.54, 1.807) is 25.3 Å². The molecule has 1 aromatic carbocycles. The predicted octanol–water partition coefficient (Wildman–Crippen LogP) is 1.11. The molecule has 0 aliphatic carbocycles. The Morgan fingerprint density at radius 1 is 1.21 bits per heavy atom. The molecule has 1 rings (SSSR count). The van der Waals surface area contributed by atoms with Crippen LogP contribution in [0.5, 0.6) is 11.5 Å². The first-order chi connectivity index (χ1) is 11.5. The predicted molar refractivity (Wildman–Crippen MR) is 88.7 cm³/mol. The largest absolute Gasteiger partial charge is 0.497 e. The van der Waals surface area contributed by atoms with Crippen LogP contribution in [0.3, 0.4) is 0 Å². The second-order valence-electron chi connectivity index (χ2n) is 5.01. The summed E-state index contributed by atoms with van der Waals surface area (Å²) in [6.07, 6.45) is 0.453. The number of carboxylic acids is 1. The van der Waals surface area contributed by atoms with Crippen LogP contribution in [0.25, 0.3) is 0 Å². The minimum Gasteiger partial charge on any atom is -0.497 e. The third kappa shape index (κ3) is 6.43. The number of nitrogens with one attached hydrogen (secondary N) is 2. The van der Waals surface area contributed by atoms with E-state index < -0.39 is 17.9 Å². The fourth-order valence-electron chi connectivity index (χ4n) is 2.04. The standard InChI is InChI=1S/C16H24N2O6/c1-22-8-4-7-17-13(16(20)21)10-15(19)18-12-9-11(23-2)5-6-14(12)24-3/h5-6,9,13,17H,4,7-8,10H2,1-3H3,(H,18,19)(H,20,21). The Bertz CT molecular complexity index is 549. The fourth-order valence-corrected chi connectivity index (χ4v) is 2.04. The fraction of sp³-hybridized carbons (Fsp3) is 0.500. The molecule has 8 nitrogen and oxygen atoms in total. The number of carboxylic acid groups (broad SMARTS) is 1. The van der Waals surface area contributed by atoms with Crippen LogP contribution in [-0.2, 0) is 14.3 Å². The number of benzene rings is 1. The highest BCUT2D eigenvalue weighted by atomic mass is 16.5. The van der Waals surface area contributed by atoms with Crippen molar-refractivity contribution in [2.45, 2.75) is 18.9 Å². The number of hydrogen-bond acceptors (Lipinski definition) is 6. The van der Waals surface area contributed by atoms with Crippen LogP contribution in [0, 0.1) is 0 Å². The number of methoxy groups -OCH3 is 3. The first-order valence-electron chi connectivity index (χ1n) is 7.48. The normalized spacial score (nSPS) is 11.6. The van der Waals surface area contributed by atoms with Crippen LogP contribution in [-0.4, -0.2) is 57.5 Å². The molecule has 24 heavy (non-hydrogen) atoms. The van der Waals surface area contributed by atoms with Gasteiger partial charge in [0.05, 0.1) is 26.3 Å². The molecule has 0 bridgehead atoms. The smallest absolute Gasteiger partial charge is 0.321 e. The van der Waals surface area contributed by atoms with E-state index in [-0.39, 0.29) is 6.42 Å². The maximum atomic E-state index is 12.1. The van der Waals surface area contributed by atoms with Crippen molar-refractivity contribution in [3.63, 3.8) is 0 Å². The van der Waals surface area contributed by atoms with Crippen LogP contribution >= 0.6 is 0 Å². The Kier molecular flexibility index (Phi) is 8.59. The third-order valence-corrected chi connectivity index (χ3v) is 3.28. The van der Waals surface area contributed by atoms with Crippen molar-refractivity contribution in [2.75, 3.05) is 39.8 Å². The van der Waals surface area contributed by atoms with E-state index in [9.17, 15) is 14.7 Å². The highest BCUT2D eigenvalue weighted by Gasteiger charge is 2.21. The molecular formula is C16H24N2O6. The number of anilines is 1. The Balaban J connectivity index is 2.66. The molecule has 1 unspecified atom stereocenters. The molecule has 0 aromatic heterocycles. The van der Waals surface area contributed by atoms with Gasteiger partial charge >= 0.3 is 5.97 Å². The molecule has 0 aliphatic rings. The van der Waals surface area contributed by atoms with Gasteiger partial charge in [-0.15, -0.1) is 0 Å². The Morgan fingerprint density at radius 2 is 1.96 bits per heavy atom. The van der Waals surface area contributed by atoms with Crippen LogP contribution in [0.1, 0.15) is 12.8 Å². The maximum Gasteiger partial charge on any atom is 0.321 e. The maximum absolute atomic E-state index is 12.1. The Morgan fingerprint density at radius 3 is 2.54 bits per heavy atom. The van der Waals surface area contributed by atoms with Crippen molar-refractivity contribution >= 4 is 17.6 Å². The molecule has 0 fully saturated rings. The molecule has 0 aliphatic heterocycles. The summed E-state index contributed by atoms with van der Waals surface area (Å²) in [5.41, 5.74) is 0.422. The Hall–Kier alpha value is -2.32. The van der Waals surface area contributed by atoms with Crippen LogP contribution in [0.15, 0.2) is 18.2 Å². The minimum atomic E-state index is -1.08. The summed E-state index contributed by atoms with van der Waals surface area (Å²) >= 11 is 0. The highest BCUT2D eigenvalue weighted by molar-refractivity contribution is 5.95. The summed E-state index contributed by atoms with van der Waals surface area (Å²) in [4.78, 5) is 23.4. The zero-order chi connectivity index (χ0) is 17.9. The average Bonchev–Trinajstić information content (AvgIpc) is 2.57. The zero-order valence-electron chi connectivity index (χ0n) is 14.1. The summed E-state index contributed by atoms with van der Waals surface area (Å²) < 4.78 is 15.2. The summed E-state index contributed by atoms with van der Waals surface area (Å²) in [5.74, 6) is -0.504. The molecule has 1 amide bonds. The van der Waals surface area contributed by atoms with Gasteiger partial charge in [-0.05, 0) is 25.1 Å². The number of carbonyl (C=O) groups excluding carboxylic acids is 1. The van der Waals surface area contributed by atoms with Crippen LogP contribution < -0.4 is 20.1 Å². The number of amides is 1. The average molecular weight is 340 g/mol. The lowest BCUT2D eigenvalue weighted by molar-refractivity contribution is -0.141. The van der Waals surface area contributed by atoms with E-state index in [1.807, 2.05) is 0 Å². The van der Waals surface area contributed by atoms with E-state index in [4.69, 9.17) is 14.2 Å². The van der Waals surface area contributed by atoms with Gasteiger partial charge in [-0.2, -0.15) is 0 Å². The molecule has 1 aromatic rings. The molecule has 0 radical (unpaired) electrons. The van der Waals surface area contributed by atoms with Gasteiger partial charge in [0, 0.05) is 19.8 Å². The van der Waals surface area contributed by atoms with Gasteiger partial charge in [-0.25, -0.2) is 0 Å². The van der Waals surface area contributed by atoms with Crippen molar-refractivity contribution in [1.29, 1.82) is 0 Å². The second kappa shape index (κ2) is 10.5. The Labute approximate surface area is 141 Å². The number of hydrogen-bond donors (Lipinski definition) is 3. The van der Waals surface area contributed by atoms with Crippen LogP contribution in [0.4, 0.5) is 5.69 Å². The van der Waals surface area contributed by atoms with E-state index >= 15 is 0 Å². The highest BCUT2D eigenvalue weighted by Crippen LogP contribution is 2.28. The van der Waals surface area contributed by atoms with Gasteiger partial charge in [0.15, 0.2) is 0 Å². The van der Waals surface area contributed by atoms with Gasteiger partial charge in [-0.3, -0.25) is 9.59 Å². The molecule has 3 N–H and O–H groups in total. The quantitative estimate of drug-likeness (QED) is 0.518. The van der Waals surface area contributed by atoms with Crippen molar-refractivity contribution in [3.8, 4) is 11.5 Å². The molecule has 0 saturated heterocycles. The summed E-state index contributed by atoms with van der Waals surface area (Å²) in [6.45, 7) is 0.965. The second-order valence-corrected chi connectivity index (χ2v) is 5.01. The molecular weight excluding hydrogens is 316 g/mol. The van der Waals surface area contributed by atoms with Gasteiger partial charge in [0.25, 0.3) is 0 Å².